The van der Waals surface area contributed by atoms with Gasteiger partial charge in [0.2, 0.25) is 0 Å². The number of furan rings is 1. The van der Waals surface area contributed by atoms with Crippen LogP contribution in [0.1, 0.15) is 17.0 Å². The van der Waals surface area contributed by atoms with Crippen LogP contribution in [0, 0.1) is 0 Å². The average Bonchev–Trinajstić information content (AvgIpc) is 2.67. The van der Waals surface area contributed by atoms with Crippen LogP contribution in [0.3, 0.4) is 0 Å². The van der Waals surface area contributed by atoms with Crippen molar-refractivity contribution in [3.63, 3.8) is 0 Å². The van der Waals surface area contributed by atoms with E-state index in [0.717, 1.165) is 48.0 Å². The van der Waals surface area contributed by atoms with E-state index in [1.807, 2.05) is 29.2 Å². The van der Waals surface area contributed by atoms with E-state index >= 15 is 0 Å². The predicted molar refractivity (Wildman–Crippen MR) is 77.3 cm³/mol. The Morgan fingerprint density at radius 2 is 2.21 bits per heavy atom. The lowest BCUT2D eigenvalue weighted by molar-refractivity contribution is 0.0737. The maximum absolute atomic E-state index is 12.4. The molecular formula is C14H15BrN2O2. The van der Waals surface area contributed by atoms with Crippen molar-refractivity contribution in [1.82, 2.24) is 10.2 Å². The van der Waals surface area contributed by atoms with Crippen LogP contribution in [0.25, 0.3) is 11.0 Å². The van der Waals surface area contributed by atoms with Gasteiger partial charge in [-0.15, -0.1) is 0 Å². The molecule has 1 aliphatic rings. The van der Waals surface area contributed by atoms with E-state index in [-0.39, 0.29) is 5.91 Å². The van der Waals surface area contributed by atoms with Gasteiger partial charge in [0.15, 0.2) is 5.76 Å². The lowest BCUT2D eigenvalue weighted by Gasteiger charge is -2.18. The molecule has 3 rings (SSSR count). The summed E-state index contributed by atoms with van der Waals surface area (Å²) in [7, 11) is 0. The third-order valence-electron chi connectivity index (χ3n) is 3.33. The fourth-order valence-electron chi connectivity index (χ4n) is 2.34. The molecule has 1 aromatic heterocycles. The first-order valence-corrected chi connectivity index (χ1v) is 7.23. The number of amides is 1. The van der Waals surface area contributed by atoms with Crippen molar-refractivity contribution in [2.75, 3.05) is 26.2 Å². The number of nitrogens with zero attached hydrogens (tertiary/aromatic N) is 1. The standard InChI is InChI=1S/C14H15BrN2O2/c15-11-4-1-3-10-9-12(19-13(10)11)14(18)17-7-2-5-16-6-8-17/h1,3-4,9,16H,2,5-8H2. The summed E-state index contributed by atoms with van der Waals surface area (Å²) in [6.45, 7) is 3.33. The minimum absolute atomic E-state index is 0.0215. The topological polar surface area (TPSA) is 45.5 Å². The van der Waals surface area contributed by atoms with Crippen molar-refractivity contribution >= 4 is 32.8 Å². The SMILES string of the molecule is O=C(c1cc2cccc(Br)c2o1)N1CCCNCC1. The third-order valence-corrected chi connectivity index (χ3v) is 3.96. The first kappa shape index (κ1) is 12.7. The van der Waals surface area contributed by atoms with Gasteiger partial charge < -0.3 is 14.6 Å². The Morgan fingerprint density at radius 3 is 3.05 bits per heavy atom. The maximum atomic E-state index is 12.4. The van der Waals surface area contributed by atoms with E-state index in [2.05, 4.69) is 21.2 Å². The quantitative estimate of drug-likeness (QED) is 0.877. The Bertz CT molecular complexity index is 601. The molecule has 2 aromatic rings. The molecule has 0 bridgehead atoms. The van der Waals surface area contributed by atoms with Crippen molar-refractivity contribution < 1.29 is 9.21 Å². The molecule has 0 radical (unpaired) electrons. The Morgan fingerprint density at radius 1 is 1.32 bits per heavy atom. The summed E-state index contributed by atoms with van der Waals surface area (Å²) in [6.07, 6.45) is 0.982. The number of para-hydroxylation sites is 1. The first-order chi connectivity index (χ1) is 9.25. The van der Waals surface area contributed by atoms with Gasteiger partial charge in [-0.1, -0.05) is 12.1 Å². The number of rotatable bonds is 1. The van der Waals surface area contributed by atoms with Crippen molar-refractivity contribution in [3.05, 3.63) is 34.5 Å². The Hall–Kier alpha value is -1.33. The molecule has 0 spiro atoms. The number of benzene rings is 1. The zero-order valence-corrected chi connectivity index (χ0v) is 12.1. The van der Waals surface area contributed by atoms with Crippen molar-refractivity contribution in [1.29, 1.82) is 0 Å². The monoisotopic (exact) mass is 322 g/mol. The van der Waals surface area contributed by atoms with E-state index in [9.17, 15) is 4.79 Å². The number of nitrogens with one attached hydrogen (secondary N) is 1. The number of carbonyl (C=O) groups excluding carboxylic acids is 1. The molecular weight excluding hydrogens is 308 g/mol. The molecule has 1 fully saturated rings. The van der Waals surface area contributed by atoms with Crippen molar-refractivity contribution in [2.24, 2.45) is 0 Å². The van der Waals surface area contributed by atoms with Crippen LogP contribution in [0.5, 0.6) is 0 Å². The molecule has 0 aliphatic carbocycles. The largest absolute Gasteiger partial charge is 0.450 e. The minimum atomic E-state index is -0.0215. The first-order valence-electron chi connectivity index (χ1n) is 6.44. The summed E-state index contributed by atoms with van der Waals surface area (Å²) >= 11 is 3.44. The molecule has 2 heterocycles. The summed E-state index contributed by atoms with van der Waals surface area (Å²) in [6, 6.07) is 7.62. The van der Waals surface area contributed by atoms with E-state index < -0.39 is 0 Å². The third kappa shape index (κ3) is 2.53. The second-order valence-electron chi connectivity index (χ2n) is 4.66. The highest BCUT2D eigenvalue weighted by Gasteiger charge is 2.21. The van der Waals surface area contributed by atoms with Gasteiger partial charge in [0.05, 0.1) is 4.47 Å². The molecule has 19 heavy (non-hydrogen) atoms. The van der Waals surface area contributed by atoms with Gasteiger partial charge >= 0.3 is 0 Å². The van der Waals surface area contributed by atoms with Crippen LogP contribution in [0.4, 0.5) is 0 Å². The van der Waals surface area contributed by atoms with Gasteiger partial charge in [0.25, 0.3) is 5.91 Å². The molecule has 1 N–H and O–H groups in total. The summed E-state index contributed by atoms with van der Waals surface area (Å²) in [5, 5.41) is 4.24. The molecule has 100 valence electrons. The van der Waals surface area contributed by atoms with E-state index in [4.69, 9.17) is 4.42 Å². The molecule has 5 heteroatoms. The van der Waals surface area contributed by atoms with Crippen molar-refractivity contribution in [2.45, 2.75) is 6.42 Å². The smallest absolute Gasteiger partial charge is 0.289 e. The highest BCUT2D eigenvalue weighted by atomic mass is 79.9. The van der Waals surface area contributed by atoms with Crippen LogP contribution in [-0.4, -0.2) is 37.0 Å². The van der Waals surface area contributed by atoms with Crippen LogP contribution in [0.2, 0.25) is 0 Å². The van der Waals surface area contributed by atoms with Crippen LogP contribution >= 0.6 is 15.9 Å². The van der Waals surface area contributed by atoms with Gasteiger partial charge in [0, 0.05) is 25.0 Å². The Kier molecular flexibility index (Phi) is 3.57. The molecule has 4 nitrogen and oxygen atoms in total. The number of fused-ring (bicyclic) bond motifs is 1. The zero-order valence-electron chi connectivity index (χ0n) is 10.5. The van der Waals surface area contributed by atoms with Crippen LogP contribution in [0.15, 0.2) is 33.2 Å². The van der Waals surface area contributed by atoms with Gasteiger partial charge in [-0.3, -0.25) is 4.79 Å². The number of hydrogen-bond donors (Lipinski definition) is 1. The average molecular weight is 323 g/mol. The van der Waals surface area contributed by atoms with Crippen molar-refractivity contribution in [3.8, 4) is 0 Å². The van der Waals surface area contributed by atoms with Gasteiger partial charge in [-0.05, 0) is 41.0 Å². The molecule has 1 aromatic carbocycles. The number of carbonyl (C=O) groups is 1. The number of hydrogen-bond acceptors (Lipinski definition) is 3. The molecule has 1 amide bonds. The van der Waals surface area contributed by atoms with Crippen LogP contribution < -0.4 is 5.32 Å². The molecule has 1 saturated heterocycles. The van der Waals surface area contributed by atoms with Gasteiger partial charge in [0.1, 0.15) is 5.58 Å². The fourth-order valence-corrected chi connectivity index (χ4v) is 2.80. The second-order valence-corrected chi connectivity index (χ2v) is 5.52. The normalized spacial score (nSPS) is 16.6. The highest BCUT2D eigenvalue weighted by molar-refractivity contribution is 9.10. The second kappa shape index (κ2) is 5.35. The molecule has 0 saturated carbocycles. The molecule has 0 atom stereocenters. The highest BCUT2D eigenvalue weighted by Crippen LogP contribution is 2.27. The van der Waals surface area contributed by atoms with Gasteiger partial charge in [-0.2, -0.15) is 0 Å². The summed E-state index contributed by atoms with van der Waals surface area (Å²) in [5.74, 6) is 0.399. The van der Waals surface area contributed by atoms with Gasteiger partial charge in [-0.25, -0.2) is 0 Å². The fraction of sp³-hybridized carbons (Fsp3) is 0.357. The zero-order chi connectivity index (χ0) is 13.2. The number of halogens is 1. The lowest BCUT2D eigenvalue weighted by Crippen LogP contribution is -2.33. The Balaban J connectivity index is 1.90. The lowest BCUT2D eigenvalue weighted by atomic mass is 10.2. The summed E-state index contributed by atoms with van der Waals surface area (Å²) < 4.78 is 6.57. The maximum Gasteiger partial charge on any atom is 0.289 e. The predicted octanol–water partition coefficient (Wildman–Crippen LogP) is 2.63. The van der Waals surface area contributed by atoms with Crippen LogP contribution in [-0.2, 0) is 0 Å². The van der Waals surface area contributed by atoms with E-state index in [1.54, 1.807) is 0 Å². The minimum Gasteiger partial charge on any atom is -0.450 e. The Labute approximate surface area is 119 Å². The van der Waals surface area contributed by atoms with E-state index in [0.29, 0.717) is 5.76 Å². The summed E-state index contributed by atoms with van der Waals surface area (Å²) in [5.41, 5.74) is 0.735. The summed E-state index contributed by atoms with van der Waals surface area (Å²) in [4.78, 5) is 14.3. The molecule has 1 aliphatic heterocycles. The van der Waals surface area contributed by atoms with E-state index in [1.165, 1.54) is 0 Å². The molecule has 0 unspecified atom stereocenters.